The highest BCUT2D eigenvalue weighted by molar-refractivity contribution is 6.55. The molecular weight excluding hydrogens is 305 g/mol. The Morgan fingerprint density at radius 2 is 1.24 bits per heavy atom. The van der Waals surface area contributed by atoms with E-state index in [-0.39, 0.29) is 15.9 Å². The van der Waals surface area contributed by atoms with Crippen molar-refractivity contribution in [2.24, 2.45) is 0 Å². The van der Waals surface area contributed by atoms with Gasteiger partial charge in [0.15, 0.2) is 0 Å². The van der Waals surface area contributed by atoms with E-state index in [1.165, 1.54) is 12.1 Å². The van der Waals surface area contributed by atoms with E-state index in [4.69, 9.17) is 46.4 Å². The third-order valence-corrected chi connectivity index (χ3v) is 4.06. The Bertz CT molecular complexity index is 526. The van der Waals surface area contributed by atoms with Crippen molar-refractivity contribution in [3.05, 3.63) is 61.3 Å². The number of benzene rings is 1. The highest BCUT2D eigenvalue weighted by Gasteiger charge is 2.24. The Labute approximate surface area is 118 Å². The first-order chi connectivity index (χ1) is 8.00. The first-order valence-corrected chi connectivity index (χ1v) is 6.11. The van der Waals surface area contributed by atoms with E-state index >= 15 is 0 Å². The molecule has 0 saturated carbocycles. The van der Waals surface area contributed by atoms with Crippen LogP contribution in [-0.4, -0.2) is 0 Å². The molecular formula is C12H5Cl4F. The summed E-state index contributed by atoms with van der Waals surface area (Å²) in [6.45, 7) is 0. The monoisotopic (exact) mass is 308 g/mol. The summed E-state index contributed by atoms with van der Waals surface area (Å²) in [6.07, 6.45) is 1.70. The van der Waals surface area contributed by atoms with Gasteiger partial charge in [0.1, 0.15) is 5.82 Å². The molecule has 0 aliphatic heterocycles. The van der Waals surface area contributed by atoms with Crippen LogP contribution in [0.1, 0.15) is 5.56 Å². The topological polar surface area (TPSA) is 0 Å². The van der Waals surface area contributed by atoms with Gasteiger partial charge in [-0.25, -0.2) is 4.39 Å². The zero-order valence-corrected chi connectivity index (χ0v) is 11.3. The van der Waals surface area contributed by atoms with Crippen molar-refractivity contribution in [3.63, 3.8) is 0 Å². The van der Waals surface area contributed by atoms with Gasteiger partial charge in [-0.3, -0.25) is 0 Å². The molecule has 0 bridgehead atoms. The van der Waals surface area contributed by atoms with Crippen LogP contribution in [0.4, 0.5) is 4.39 Å². The Morgan fingerprint density at radius 1 is 0.765 bits per heavy atom. The van der Waals surface area contributed by atoms with Crippen molar-refractivity contribution in [1.82, 2.24) is 0 Å². The second-order valence-electron chi connectivity index (χ2n) is 3.37. The quantitative estimate of drug-likeness (QED) is 0.633. The molecule has 0 N–H and O–H groups in total. The number of hydrogen-bond donors (Lipinski definition) is 0. The second-order valence-corrected chi connectivity index (χ2v) is 4.88. The molecule has 0 amide bonds. The number of hydrogen-bond acceptors (Lipinski definition) is 0. The van der Waals surface area contributed by atoms with Crippen LogP contribution in [0.5, 0.6) is 0 Å². The summed E-state index contributed by atoms with van der Waals surface area (Å²) >= 11 is 23.7. The molecule has 0 radical (unpaired) electrons. The van der Waals surface area contributed by atoms with Crippen LogP contribution in [0.15, 0.2) is 50.0 Å². The van der Waals surface area contributed by atoms with Crippen LogP contribution in [-0.2, 0) is 0 Å². The summed E-state index contributed by atoms with van der Waals surface area (Å²) in [6, 6.07) is 5.91. The molecule has 0 fully saturated rings. The molecule has 2 rings (SSSR count). The van der Waals surface area contributed by atoms with Gasteiger partial charge < -0.3 is 0 Å². The Balaban J connectivity index is 2.45. The number of rotatable bonds is 1. The normalized spacial score (nSPS) is 15.9. The van der Waals surface area contributed by atoms with Crippen molar-refractivity contribution in [1.29, 1.82) is 0 Å². The van der Waals surface area contributed by atoms with E-state index in [9.17, 15) is 4.39 Å². The van der Waals surface area contributed by atoms with Gasteiger partial charge in [-0.1, -0.05) is 58.5 Å². The lowest BCUT2D eigenvalue weighted by Gasteiger charge is -2.00. The molecule has 1 aliphatic rings. The predicted octanol–water partition coefficient (Wildman–Crippen LogP) is 5.60. The third-order valence-electron chi connectivity index (χ3n) is 2.23. The first-order valence-electron chi connectivity index (χ1n) is 4.59. The molecule has 0 spiro atoms. The lowest BCUT2D eigenvalue weighted by Crippen LogP contribution is -1.81. The van der Waals surface area contributed by atoms with Crippen molar-refractivity contribution < 1.29 is 4.39 Å². The Morgan fingerprint density at radius 3 is 1.71 bits per heavy atom. The minimum Gasteiger partial charge on any atom is -0.207 e. The number of halogens is 5. The third kappa shape index (κ3) is 2.53. The molecule has 0 nitrogen and oxygen atoms in total. The smallest absolute Gasteiger partial charge is 0.123 e. The molecule has 1 aromatic rings. The van der Waals surface area contributed by atoms with Crippen molar-refractivity contribution >= 4 is 52.5 Å². The molecule has 88 valence electrons. The first kappa shape index (κ1) is 13.0. The molecule has 5 heteroatoms. The lowest BCUT2D eigenvalue weighted by atomic mass is 10.1. The molecule has 0 unspecified atom stereocenters. The van der Waals surface area contributed by atoms with Gasteiger partial charge in [0.2, 0.25) is 0 Å². The van der Waals surface area contributed by atoms with Crippen LogP contribution in [0.3, 0.4) is 0 Å². The highest BCUT2D eigenvalue weighted by atomic mass is 35.5. The second kappa shape index (κ2) is 5.03. The molecule has 0 heterocycles. The van der Waals surface area contributed by atoms with Crippen LogP contribution in [0.2, 0.25) is 0 Å². The minimum absolute atomic E-state index is 0.228. The average Bonchev–Trinajstić information content (AvgIpc) is 2.50. The zero-order chi connectivity index (χ0) is 12.6. The van der Waals surface area contributed by atoms with E-state index in [0.29, 0.717) is 15.6 Å². The van der Waals surface area contributed by atoms with Crippen LogP contribution in [0, 0.1) is 5.82 Å². The van der Waals surface area contributed by atoms with Crippen molar-refractivity contribution in [2.75, 3.05) is 0 Å². The standard InChI is InChI=1S/C12H5Cl4F/c13-9-8(10(14)12(16)11(9)15)5-6-1-3-7(17)4-2-6/h1-5H. The van der Waals surface area contributed by atoms with E-state index in [1.54, 1.807) is 18.2 Å². The molecule has 1 aromatic carbocycles. The summed E-state index contributed by atoms with van der Waals surface area (Å²) < 4.78 is 12.7. The van der Waals surface area contributed by atoms with Crippen LogP contribution < -0.4 is 0 Å². The van der Waals surface area contributed by atoms with E-state index in [2.05, 4.69) is 0 Å². The Kier molecular flexibility index (Phi) is 3.84. The zero-order valence-electron chi connectivity index (χ0n) is 8.28. The summed E-state index contributed by atoms with van der Waals surface area (Å²) in [7, 11) is 0. The predicted molar refractivity (Wildman–Crippen MR) is 71.8 cm³/mol. The van der Waals surface area contributed by atoms with Gasteiger partial charge in [0.05, 0.1) is 20.1 Å². The highest BCUT2D eigenvalue weighted by Crippen LogP contribution is 2.45. The molecule has 0 aromatic heterocycles. The van der Waals surface area contributed by atoms with Gasteiger partial charge in [-0.2, -0.15) is 0 Å². The lowest BCUT2D eigenvalue weighted by molar-refractivity contribution is 0.628. The van der Waals surface area contributed by atoms with Crippen LogP contribution in [0.25, 0.3) is 6.08 Å². The maximum absolute atomic E-state index is 12.7. The Hall–Kier alpha value is -0.470. The summed E-state index contributed by atoms with van der Waals surface area (Å²) in [4.78, 5) is 0. The maximum atomic E-state index is 12.7. The van der Waals surface area contributed by atoms with E-state index in [1.807, 2.05) is 0 Å². The summed E-state index contributed by atoms with van der Waals surface area (Å²) in [5.74, 6) is -0.307. The van der Waals surface area contributed by atoms with E-state index < -0.39 is 0 Å². The average molecular weight is 310 g/mol. The summed E-state index contributed by atoms with van der Waals surface area (Å²) in [5, 5.41) is 1.05. The molecule has 1 aliphatic carbocycles. The van der Waals surface area contributed by atoms with Crippen LogP contribution >= 0.6 is 46.4 Å². The molecule has 0 saturated heterocycles. The summed E-state index contributed by atoms with van der Waals surface area (Å²) in [5.41, 5.74) is 1.29. The van der Waals surface area contributed by atoms with Crippen molar-refractivity contribution in [2.45, 2.75) is 0 Å². The molecule has 17 heavy (non-hydrogen) atoms. The largest absolute Gasteiger partial charge is 0.207 e. The number of allylic oxidation sites excluding steroid dienone is 5. The fraction of sp³-hybridized carbons (Fsp3) is 0. The fourth-order valence-electron chi connectivity index (χ4n) is 1.38. The molecule has 0 atom stereocenters. The van der Waals surface area contributed by atoms with Gasteiger partial charge in [-0.15, -0.1) is 0 Å². The van der Waals surface area contributed by atoms with Gasteiger partial charge in [0.25, 0.3) is 0 Å². The maximum Gasteiger partial charge on any atom is 0.123 e. The van der Waals surface area contributed by atoms with Gasteiger partial charge >= 0.3 is 0 Å². The minimum atomic E-state index is -0.307. The van der Waals surface area contributed by atoms with E-state index in [0.717, 1.165) is 5.56 Å². The van der Waals surface area contributed by atoms with Gasteiger partial charge in [0, 0.05) is 5.57 Å². The van der Waals surface area contributed by atoms with Crippen molar-refractivity contribution in [3.8, 4) is 0 Å². The fourth-order valence-corrected chi connectivity index (χ4v) is 2.40. The SMILES string of the molecule is Fc1ccc(C=C2C(Cl)=C(Cl)C(Cl)=C2Cl)cc1. The van der Waals surface area contributed by atoms with Gasteiger partial charge in [-0.05, 0) is 23.8 Å².